The fourth-order valence-electron chi connectivity index (χ4n) is 5.91. The van der Waals surface area contributed by atoms with Gasteiger partial charge in [-0.25, -0.2) is 4.79 Å². The van der Waals surface area contributed by atoms with Crippen LogP contribution in [0.2, 0.25) is 0 Å². The molecule has 0 saturated heterocycles. The van der Waals surface area contributed by atoms with Crippen molar-refractivity contribution in [2.24, 2.45) is 5.73 Å². The number of aliphatic carboxylic acids is 7. The largest absolute Gasteiger partial charge is 0.481 e. The molecule has 35 heteroatoms. The summed E-state index contributed by atoms with van der Waals surface area (Å²) in [7, 11) is 0. The van der Waals surface area contributed by atoms with Crippen LogP contribution in [0.5, 0.6) is 0 Å². The van der Waals surface area contributed by atoms with Crippen molar-refractivity contribution in [3.05, 3.63) is 0 Å². The summed E-state index contributed by atoms with van der Waals surface area (Å²) in [4.78, 5) is 209. The van der Waals surface area contributed by atoms with E-state index in [0.29, 0.717) is 0 Å². The minimum Gasteiger partial charge on any atom is -0.481 e. The zero-order valence-electron chi connectivity index (χ0n) is 39.1. The zero-order chi connectivity index (χ0) is 57.2. The van der Waals surface area contributed by atoms with Crippen molar-refractivity contribution in [2.45, 2.75) is 132 Å². The number of rotatable bonds is 36. The topological polar surface area (TPSA) is 586 Å². The second-order valence-electron chi connectivity index (χ2n) is 15.7. The molecule has 0 unspecified atom stereocenters. The van der Waals surface area contributed by atoms with Crippen LogP contribution in [0.25, 0.3) is 0 Å². The van der Waals surface area contributed by atoms with Gasteiger partial charge in [-0.05, 0) is 26.2 Å². The van der Waals surface area contributed by atoms with E-state index in [0.717, 1.165) is 13.8 Å². The Morgan fingerprint density at radius 1 is 0.351 bits per heavy atom. The molecule has 74 heavy (non-hydrogen) atoms. The Morgan fingerprint density at radius 2 is 0.622 bits per heavy atom. The van der Waals surface area contributed by atoms with E-state index in [-0.39, 0.29) is 0 Å². The molecule has 0 aliphatic carbocycles. The maximum atomic E-state index is 13.5. The van der Waals surface area contributed by atoms with Gasteiger partial charge in [0.2, 0.25) is 59.1 Å². The van der Waals surface area contributed by atoms with Crippen LogP contribution in [0.3, 0.4) is 0 Å². The van der Waals surface area contributed by atoms with Crippen molar-refractivity contribution in [3.63, 3.8) is 0 Å². The summed E-state index contributed by atoms with van der Waals surface area (Å²) in [5.41, 5.74) is 5.21. The lowest BCUT2D eigenvalue weighted by molar-refractivity contribution is -0.145. The number of nitrogens with two attached hydrogens (primary N) is 1. The van der Waals surface area contributed by atoms with Crippen molar-refractivity contribution in [1.82, 2.24) is 47.9 Å². The number of carboxylic acid groups (broad SMARTS) is 7. The van der Waals surface area contributed by atoms with Crippen LogP contribution in [0.15, 0.2) is 0 Å². The van der Waals surface area contributed by atoms with E-state index in [1.165, 1.54) is 0 Å². The predicted octanol–water partition coefficient (Wildman–Crippen LogP) is -8.64. The van der Waals surface area contributed by atoms with E-state index in [1.54, 1.807) is 0 Å². The van der Waals surface area contributed by atoms with Crippen LogP contribution in [0.4, 0.5) is 0 Å². The van der Waals surface area contributed by atoms with Crippen LogP contribution in [0, 0.1) is 0 Å². The molecule has 0 rings (SSSR count). The number of carbonyl (C=O) groups excluding carboxylic acids is 10. The van der Waals surface area contributed by atoms with Crippen LogP contribution in [-0.2, 0) is 81.5 Å². The summed E-state index contributed by atoms with van der Waals surface area (Å²) in [6.45, 7) is 0.583. The molecule has 0 saturated carbocycles. The standard InChI is InChI=1S/C39H56N10O25/c1-14(31(65)46-21(11-29(61)62)36(70)43-16(3-6-25(53)54)32(66)45-18(39(73)74)5-8-27(57)58)41-34(68)19(9-24(40)52)47-37(71)22(12-30(63)64)48-33(67)17(4-7-26(55)56)44-38(72)23(13-50)49-35(69)20(10-28(59)60)42-15(2)51/h14,16-23,50H,3-13H2,1-2H3,(H2,40,52)(H,41,68)(H,42,51)(H,43,70)(H,44,72)(H,45,66)(H,46,65)(H,47,71)(H,48,67)(H,49,69)(H,53,54)(H,55,56)(H,57,58)(H,59,60)(H,61,62)(H,63,64)(H,73,74)/t14-,16-,17-,18-,19-,20-,21-,22-,23-/m1/s1. The highest BCUT2D eigenvalue weighted by atomic mass is 16.4. The predicted molar refractivity (Wildman–Crippen MR) is 235 cm³/mol. The molecule has 10 amide bonds. The first kappa shape index (κ1) is 65.0. The number of primary amides is 1. The Labute approximate surface area is 415 Å². The molecule has 9 atom stereocenters. The van der Waals surface area contributed by atoms with Gasteiger partial charge in [-0.15, -0.1) is 0 Å². The van der Waals surface area contributed by atoms with Gasteiger partial charge in [0.05, 0.1) is 32.3 Å². The normalized spacial score (nSPS) is 14.3. The van der Waals surface area contributed by atoms with Crippen LogP contribution < -0.4 is 53.6 Å². The van der Waals surface area contributed by atoms with Gasteiger partial charge < -0.3 is 94.4 Å². The Morgan fingerprint density at radius 3 is 0.946 bits per heavy atom. The molecule has 0 aromatic rings. The Hall–Kier alpha value is -9.05. The number of carboxylic acids is 7. The van der Waals surface area contributed by atoms with Gasteiger partial charge in [-0.1, -0.05) is 0 Å². The lowest BCUT2D eigenvalue weighted by atomic mass is 10.1. The third-order valence-electron chi connectivity index (χ3n) is 9.52. The Balaban J connectivity index is 6.47. The molecule has 0 radical (unpaired) electrons. The smallest absolute Gasteiger partial charge is 0.326 e. The number of aliphatic hydroxyl groups excluding tert-OH is 1. The first-order valence-corrected chi connectivity index (χ1v) is 21.4. The lowest BCUT2D eigenvalue weighted by Crippen LogP contribution is -2.61. The van der Waals surface area contributed by atoms with Crippen LogP contribution in [-0.4, -0.2) is 203 Å². The first-order valence-electron chi connectivity index (χ1n) is 21.4. The van der Waals surface area contributed by atoms with Gasteiger partial charge in [0, 0.05) is 26.2 Å². The number of aliphatic hydroxyl groups is 1. The average molecular weight is 1060 g/mol. The van der Waals surface area contributed by atoms with Gasteiger partial charge in [0.25, 0.3) is 0 Å². The van der Waals surface area contributed by atoms with Gasteiger partial charge in [-0.3, -0.25) is 76.7 Å². The number of hydrogen-bond donors (Lipinski definition) is 18. The van der Waals surface area contributed by atoms with Gasteiger partial charge in [0.1, 0.15) is 54.4 Å². The highest BCUT2D eigenvalue weighted by molar-refractivity contribution is 6.00. The minimum atomic E-state index is -2.26. The molecule has 0 aromatic heterocycles. The lowest BCUT2D eigenvalue weighted by Gasteiger charge is -2.26. The van der Waals surface area contributed by atoms with Crippen molar-refractivity contribution in [1.29, 1.82) is 0 Å². The minimum absolute atomic E-state index is 0.664. The van der Waals surface area contributed by atoms with Crippen molar-refractivity contribution in [3.8, 4) is 0 Å². The first-order chi connectivity index (χ1) is 34.3. The fourth-order valence-corrected chi connectivity index (χ4v) is 5.91. The molecule has 0 aliphatic rings. The molecule has 412 valence electrons. The summed E-state index contributed by atoms with van der Waals surface area (Å²) < 4.78 is 0. The van der Waals surface area contributed by atoms with Gasteiger partial charge in [-0.2, -0.15) is 0 Å². The van der Waals surface area contributed by atoms with E-state index >= 15 is 0 Å². The monoisotopic (exact) mass is 1060 g/mol. The Kier molecular flexibility index (Phi) is 28.1. The van der Waals surface area contributed by atoms with E-state index in [4.69, 9.17) is 21.1 Å². The summed E-state index contributed by atoms with van der Waals surface area (Å²) in [5, 5.41) is 92.1. The summed E-state index contributed by atoms with van der Waals surface area (Å²) >= 11 is 0. The Bertz CT molecular complexity index is 2170. The highest BCUT2D eigenvalue weighted by Crippen LogP contribution is 2.08. The molecule has 0 heterocycles. The molecule has 0 fully saturated rings. The number of nitrogens with one attached hydrogen (secondary N) is 9. The third-order valence-corrected chi connectivity index (χ3v) is 9.52. The maximum absolute atomic E-state index is 13.5. The van der Waals surface area contributed by atoms with Crippen molar-refractivity contribution in [2.75, 3.05) is 6.61 Å². The molecule has 0 aromatic carbocycles. The van der Waals surface area contributed by atoms with E-state index in [9.17, 15) is 107 Å². The molecule has 35 nitrogen and oxygen atoms in total. The fraction of sp³-hybridized carbons (Fsp3) is 0.564. The average Bonchev–Trinajstić information content (AvgIpc) is 3.26. The number of amides is 10. The molecule has 19 N–H and O–H groups in total. The van der Waals surface area contributed by atoms with Crippen LogP contribution in [0.1, 0.15) is 78.1 Å². The zero-order valence-corrected chi connectivity index (χ0v) is 39.1. The van der Waals surface area contributed by atoms with Crippen molar-refractivity contribution < 1.29 is 122 Å². The van der Waals surface area contributed by atoms with E-state index < -0.39 is 226 Å². The number of carbonyl (C=O) groups is 17. The molecule has 0 aliphatic heterocycles. The summed E-state index contributed by atoms with van der Waals surface area (Å²) in [5.74, 6) is -25.1. The third kappa shape index (κ3) is 26.2. The second kappa shape index (κ2) is 32.0. The van der Waals surface area contributed by atoms with Gasteiger partial charge in [0.15, 0.2) is 0 Å². The van der Waals surface area contributed by atoms with E-state index in [2.05, 4.69) is 0 Å². The second-order valence-corrected chi connectivity index (χ2v) is 15.7. The van der Waals surface area contributed by atoms with Gasteiger partial charge >= 0.3 is 41.8 Å². The molecular formula is C39H56N10O25. The summed E-state index contributed by atoms with van der Waals surface area (Å²) in [6.07, 6.45) is -9.45. The SMILES string of the molecule is CC(=O)N[C@H](CC(=O)O)C(=O)N[C@H](CO)C(=O)N[C@H](CCC(=O)O)C(=O)N[C@H](CC(=O)O)C(=O)N[C@H](CC(N)=O)C(=O)N[C@H](C)C(=O)N[C@H](CC(=O)O)C(=O)N[C@H](CCC(=O)O)C(=O)N[C@H](CCC(=O)O)C(=O)O. The highest BCUT2D eigenvalue weighted by Gasteiger charge is 2.36. The van der Waals surface area contributed by atoms with E-state index in [1.807, 2.05) is 47.9 Å². The quantitative estimate of drug-likeness (QED) is 0.0277. The van der Waals surface area contributed by atoms with Crippen LogP contribution >= 0.6 is 0 Å². The summed E-state index contributed by atoms with van der Waals surface area (Å²) in [6, 6.07) is -18.0. The molecule has 0 bridgehead atoms. The number of hydrogen-bond acceptors (Lipinski definition) is 18. The molecule has 0 spiro atoms. The maximum Gasteiger partial charge on any atom is 0.326 e. The van der Waals surface area contributed by atoms with Crippen molar-refractivity contribution >= 4 is 101 Å². The molecular weight excluding hydrogens is 1010 g/mol.